The van der Waals surface area contributed by atoms with Gasteiger partial charge in [0.1, 0.15) is 9.88 Å². The minimum atomic E-state index is -0.629. The number of aryl methyl sites for hydroxylation is 1. The highest BCUT2D eigenvalue weighted by Crippen LogP contribution is 2.33. The van der Waals surface area contributed by atoms with E-state index in [0.29, 0.717) is 19.8 Å². The summed E-state index contributed by atoms with van der Waals surface area (Å²) < 4.78 is 10.4. The lowest BCUT2D eigenvalue weighted by Crippen LogP contribution is -2.21. The summed E-state index contributed by atoms with van der Waals surface area (Å²) in [5.74, 6) is -1.66. The van der Waals surface area contributed by atoms with Crippen molar-refractivity contribution in [2.75, 3.05) is 18.5 Å². The molecule has 0 fully saturated rings. The van der Waals surface area contributed by atoms with E-state index in [2.05, 4.69) is 5.32 Å². The summed E-state index contributed by atoms with van der Waals surface area (Å²) in [5.41, 5.74) is 1.08. The van der Waals surface area contributed by atoms with E-state index in [1.54, 1.807) is 19.9 Å². The van der Waals surface area contributed by atoms with E-state index in [9.17, 15) is 14.4 Å². The van der Waals surface area contributed by atoms with Gasteiger partial charge in [-0.2, -0.15) is 0 Å². The molecule has 0 aliphatic rings. The van der Waals surface area contributed by atoms with Gasteiger partial charge in [0.15, 0.2) is 6.61 Å². The van der Waals surface area contributed by atoms with E-state index in [-0.39, 0.29) is 6.61 Å². The number of amides is 1. The van der Waals surface area contributed by atoms with Gasteiger partial charge in [0.05, 0.1) is 16.5 Å². The number of rotatable bonds is 6. The van der Waals surface area contributed by atoms with Crippen molar-refractivity contribution in [3.63, 3.8) is 0 Å². The molecule has 0 spiro atoms. The zero-order valence-corrected chi connectivity index (χ0v) is 16.2. The summed E-state index contributed by atoms with van der Waals surface area (Å²) >= 11 is 8.09. The number of thiophene rings is 2. The van der Waals surface area contributed by atoms with E-state index in [1.165, 1.54) is 17.4 Å². The van der Waals surface area contributed by atoms with Crippen LogP contribution in [-0.2, 0) is 14.3 Å². The molecular formula is C16H16ClNO5S2. The van der Waals surface area contributed by atoms with Gasteiger partial charge in [-0.15, -0.1) is 22.7 Å². The van der Waals surface area contributed by atoms with Gasteiger partial charge in [0, 0.05) is 4.88 Å². The molecule has 0 saturated heterocycles. The molecule has 2 aromatic heterocycles. The molecule has 0 unspecified atom stereocenters. The normalized spacial score (nSPS) is 10.4. The Hall–Kier alpha value is -1.90. The average Bonchev–Trinajstić information content (AvgIpc) is 3.09. The molecule has 2 heterocycles. The maximum Gasteiger partial charge on any atom is 0.348 e. The van der Waals surface area contributed by atoms with E-state index in [0.717, 1.165) is 21.8 Å². The van der Waals surface area contributed by atoms with Crippen LogP contribution < -0.4 is 5.32 Å². The van der Waals surface area contributed by atoms with Gasteiger partial charge in [-0.3, -0.25) is 4.79 Å². The maximum atomic E-state index is 12.1. The van der Waals surface area contributed by atoms with Crippen LogP contribution in [0.1, 0.15) is 37.4 Å². The zero-order chi connectivity index (χ0) is 18.6. The first-order valence-corrected chi connectivity index (χ1v) is 9.34. The first kappa shape index (κ1) is 19.4. The largest absolute Gasteiger partial charge is 0.462 e. The SMILES string of the molecule is CCOC(=O)c1c(NC(=O)COC(=O)c2ccc(Cl)s2)sc(C)c1C. The molecule has 9 heteroatoms. The lowest BCUT2D eigenvalue weighted by atomic mass is 10.1. The van der Waals surface area contributed by atoms with E-state index in [1.807, 2.05) is 6.92 Å². The van der Waals surface area contributed by atoms with Crippen molar-refractivity contribution in [1.82, 2.24) is 0 Å². The molecule has 0 aliphatic carbocycles. The Bertz CT molecular complexity index is 812. The molecule has 0 aromatic carbocycles. The molecular weight excluding hydrogens is 386 g/mol. The monoisotopic (exact) mass is 401 g/mol. The number of carbonyl (C=O) groups is 3. The Kier molecular flexibility index (Phi) is 6.57. The molecule has 0 aliphatic heterocycles. The summed E-state index contributed by atoms with van der Waals surface area (Å²) in [5, 5.41) is 2.99. The smallest absolute Gasteiger partial charge is 0.348 e. The van der Waals surface area contributed by atoms with Crippen LogP contribution in [0.25, 0.3) is 0 Å². The fourth-order valence-electron chi connectivity index (χ4n) is 1.95. The number of esters is 2. The van der Waals surface area contributed by atoms with Gasteiger partial charge in [-0.05, 0) is 38.5 Å². The van der Waals surface area contributed by atoms with Crippen molar-refractivity contribution in [1.29, 1.82) is 0 Å². The Labute approximate surface area is 157 Å². The first-order valence-electron chi connectivity index (χ1n) is 7.32. The van der Waals surface area contributed by atoms with Crippen molar-refractivity contribution in [2.24, 2.45) is 0 Å². The highest BCUT2D eigenvalue weighted by Gasteiger charge is 2.22. The maximum absolute atomic E-state index is 12.1. The molecule has 2 rings (SSSR count). The molecule has 0 radical (unpaired) electrons. The van der Waals surface area contributed by atoms with Crippen molar-refractivity contribution < 1.29 is 23.9 Å². The van der Waals surface area contributed by atoms with E-state index >= 15 is 0 Å². The molecule has 0 bridgehead atoms. The molecule has 6 nitrogen and oxygen atoms in total. The second-order valence-electron chi connectivity index (χ2n) is 4.94. The summed E-state index contributed by atoms with van der Waals surface area (Å²) in [6.45, 7) is 5.11. The highest BCUT2D eigenvalue weighted by atomic mass is 35.5. The Morgan fingerprint density at radius 1 is 1.12 bits per heavy atom. The van der Waals surface area contributed by atoms with Gasteiger partial charge in [0.25, 0.3) is 5.91 Å². The zero-order valence-electron chi connectivity index (χ0n) is 13.8. The molecule has 1 amide bonds. The summed E-state index contributed by atoms with van der Waals surface area (Å²) in [7, 11) is 0. The van der Waals surface area contributed by atoms with Crippen LogP contribution in [0.3, 0.4) is 0 Å². The van der Waals surface area contributed by atoms with Crippen molar-refractivity contribution in [3.05, 3.63) is 37.4 Å². The molecule has 25 heavy (non-hydrogen) atoms. The van der Waals surface area contributed by atoms with Crippen molar-refractivity contribution >= 4 is 57.1 Å². The fraction of sp³-hybridized carbons (Fsp3) is 0.312. The summed E-state index contributed by atoms with van der Waals surface area (Å²) in [6.07, 6.45) is 0. The second-order valence-corrected chi connectivity index (χ2v) is 7.88. The summed E-state index contributed by atoms with van der Waals surface area (Å²) in [6, 6.07) is 3.10. The van der Waals surface area contributed by atoms with Crippen molar-refractivity contribution in [3.8, 4) is 0 Å². The molecule has 2 aromatic rings. The van der Waals surface area contributed by atoms with Crippen LogP contribution in [0.5, 0.6) is 0 Å². The third-order valence-electron chi connectivity index (χ3n) is 3.23. The predicted molar refractivity (Wildman–Crippen MR) is 98.0 cm³/mol. The predicted octanol–water partition coefficient (Wildman–Crippen LogP) is 4.05. The highest BCUT2D eigenvalue weighted by molar-refractivity contribution is 7.18. The average molecular weight is 402 g/mol. The van der Waals surface area contributed by atoms with Gasteiger partial charge in [-0.25, -0.2) is 9.59 Å². The Morgan fingerprint density at radius 3 is 2.44 bits per heavy atom. The van der Waals surface area contributed by atoms with Crippen LogP contribution in [0.2, 0.25) is 4.34 Å². The number of carbonyl (C=O) groups excluding carboxylic acids is 3. The second kappa shape index (κ2) is 8.46. The van der Waals surface area contributed by atoms with Crippen LogP contribution >= 0.6 is 34.3 Å². The van der Waals surface area contributed by atoms with Crippen LogP contribution in [0.15, 0.2) is 12.1 Å². The van der Waals surface area contributed by atoms with Gasteiger partial charge in [-0.1, -0.05) is 11.6 Å². The third-order valence-corrected chi connectivity index (χ3v) is 5.56. The quantitative estimate of drug-likeness (QED) is 0.738. The number of anilines is 1. The standard InChI is InChI=1S/C16H16ClNO5S2/c1-4-22-16(21)13-8(2)9(3)24-14(13)18-12(19)7-23-15(20)10-5-6-11(17)25-10/h5-6H,4,7H2,1-3H3,(H,18,19). The number of ether oxygens (including phenoxy) is 2. The Balaban J connectivity index is 2.02. The Morgan fingerprint density at radius 2 is 1.84 bits per heavy atom. The number of hydrogen-bond donors (Lipinski definition) is 1. The van der Waals surface area contributed by atoms with Crippen LogP contribution in [0.4, 0.5) is 5.00 Å². The molecule has 134 valence electrons. The third kappa shape index (κ3) is 4.81. The van der Waals surface area contributed by atoms with Crippen LogP contribution in [0, 0.1) is 13.8 Å². The van der Waals surface area contributed by atoms with Crippen molar-refractivity contribution in [2.45, 2.75) is 20.8 Å². The fourth-order valence-corrected chi connectivity index (χ4v) is 3.95. The molecule has 0 saturated carbocycles. The molecule has 0 atom stereocenters. The number of nitrogens with one attached hydrogen (secondary N) is 1. The van der Waals surface area contributed by atoms with Gasteiger partial charge >= 0.3 is 11.9 Å². The van der Waals surface area contributed by atoms with Gasteiger partial charge < -0.3 is 14.8 Å². The van der Waals surface area contributed by atoms with Crippen LogP contribution in [-0.4, -0.2) is 31.1 Å². The lowest BCUT2D eigenvalue weighted by molar-refractivity contribution is -0.119. The van der Waals surface area contributed by atoms with E-state index in [4.69, 9.17) is 21.1 Å². The molecule has 1 N–H and O–H groups in total. The topological polar surface area (TPSA) is 81.7 Å². The van der Waals surface area contributed by atoms with E-state index < -0.39 is 24.5 Å². The minimum Gasteiger partial charge on any atom is -0.462 e. The number of hydrogen-bond acceptors (Lipinski definition) is 7. The lowest BCUT2D eigenvalue weighted by Gasteiger charge is -2.07. The summed E-state index contributed by atoms with van der Waals surface area (Å²) in [4.78, 5) is 37.1. The van der Waals surface area contributed by atoms with Gasteiger partial charge in [0.2, 0.25) is 0 Å². The number of halogens is 1. The minimum absolute atomic E-state index is 0.238. The first-order chi connectivity index (χ1) is 11.8.